The fourth-order valence-corrected chi connectivity index (χ4v) is 4.94. The lowest BCUT2D eigenvalue weighted by Gasteiger charge is -2.25. The highest BCUT2D eigenvalue weighted by molar-refractivity contribution is 7.93. The second kappa shape index (κ2) is 7.40. The summed E-state index contributed by atoms with van der Waals surface area (Å²) in [7, 11) is -2.47. The first-order chi connectivity index (χ1) is 11.2. The van der Waals surface area contributed by atoms with Crippen LogP contribution in [0.5, 0.6) is 5.75 Å². The molecule has 0 saturated carbocycles. The quantitative estimate of drug-likeness (QED) is 0.685. The Labute approximate surface area is 156 Å². The molecule has 0 saturated heterocycles. The SMILES string of the molecule is CCN(c1ccc(Cl)cc1C)S(=O)(=O)c1ccc(OC)c(Cl)c1Cl. The van der Waals surface area contributed by atoms with Crippen LogP contribution in [-0.4, -0.2) is 22.1 Å². The van der Waals surface area contributed by atoms with Gasteiger partial charge in [-0.05, 0) is 49.7 Å². The second-order valence-corrected chi connectivity index (χ2v) is 8.02. The largest absolute Gasteiger partial charge is 0.495 e. The Morgan fingerprint density at radius 3 is 2.29 bits per heavy atom. The molecule has 8 heteroatoms. The molecule has 2 aromatic rings. The van der Waals surface area contributed by atoms with Gasteiger partial charge in [0.15, 0.2) is 0 Å². The molecule has 0 aliphatic carbocycles. The van der Waals surface area contributed by atoms with Crippen molar-refractivity contribution in [2.75, 3.05) is 18.0 Å². The molecular weight excluding hydrogens is 393 g/mol. The topological polar surface area (TPSA) is 46.6 Å². The van der Waals surface area contributed by atoms with E-state index in [1.165, 1.54) is 23.5 Å². The number of methoxy groups -OCH3 is 1. The van der Waals surface area contributed by atoms with Crippen LogP contribution in [0.4, 0.5) is 5.69 Å². The van der Waals surface area contributed by atoms with Crippen LogP contribution in [0.25, 0.3) is 0 Å². The van der Waals surface area contributed by atoms with Crippen molar-refractivity contribution < 1.29 is 13.2 Å². The van der Waals surface area contributed by atoms with Gasteiger partial charge in [0.25, 0.3) is 10.0 Å². The van der Waals surface area contributed by atoms with Crippen molar-refractivity contribution in [2.45, 2.75) is 18.7 Å². The maximum Gasteiger partial charge on any atom is 0.265 e. The van der Waals surface area contributed by atoms with E-state index >= 15 is 0 Å². The van der Waals surface area contributed by atoms with Gasteiger partial charge in [-0.3, -0.25) is 4.31 Å². The Morgan fingerprint density at radius 1 is 1.08 bits per heavy atom. The molecule has 0 aromatic heterocycles. The van der Waals surface area contributed by atoms with Crippen LogP contribution in [0.3, 0.4) is 0 Å². The number of rotatable bonds is 5. The molecule has 0 N–H and O–H groups in total. The molecule has 2 aromatic carbocycles. The summed E-state index contributed by atoms with van der Waals surface area (Å²) in [5.74, 6) is 0.311. The van der Waals surface area contributed by atoms with E-state index in [1.807, 2.05) is 0 Å². The number of halogens is 3. The summed E-state index contributed by atoms with van der Waals surface area (Å²) in [5.41, 5.74) is 1.27. The molecule has 2 rings (SSSR count). The molecule has 0 radical (unpaired) electrons. The van der Waals surface area contributed by atoms with E-state index in [1.54, 1.807) is 32.0 Å². The van der Waals surface area contributed by atoms with Gasteiger partial charge >= 0.3 is 0 Å². The van der Waals surface area contributed by atoms with Crippen LogP contribution in [-0.2, 0) is 10.0 Å². The highest BCUT2D eigenvalue weighted by Crippen LogP contribution is 2.39. The van der Waals surface area contributed by atoms with Gasteiger partial charge in [0.2, 0.25) is 0 Å². The fraction of sp³-hybridized carbons (Fsp3) is 0.250. The van der Waals surface area contributed by atoms with Crippen molar-refractivity contribution in [3.8, 4) is 5.75 Å². The van der Waals surface area contributed by atoms with Crippen LogP contribution >= 0.6 is 34.8 Å². The molecule has 130 valence electrons. The first-order valence-corrected chi connectivity index (χ1v) is 9.62. The molecule has 0 heterocycles. The average Bonchev–Trinajstić information content (AvgIpc) is 2.52. The first-order valence-electron chi connectivity index (χ1n) is 7.05. The molecule has 4 nitrogen and oxygen atoms in total. The predicted octanol–water partition coefficient (Wildman–Crippen LogP) is 5.18. The van der Waals surface area contributed by atoms with Crippen molar-refractivity contribution in [3.63, 3.8) is 0 Å². The Balaban J connectivity index is 2.61. The van der Waals surface area contributed by atoms with Gasteiger partial charge in [-0.1, -0.05) is 34.8 Å². The Kier molecular flexibility index (Phi) is 5.91. The van der Waals surface area contributed by atoms with Crippen molar-refractivity contribution in [2.24, 2.45) is 0 Å². The molecule has 0 unspecified atom stereocenters. The van der Waals surface area contributed by atoms with Gasteiger partial charge in [-0.2, -0.15) is 0 Å². The standard InChI is InChI=1S/C16H16Cl3NO3S/c1-4-20(12-6-5-11(17)9-10(12)2)24(21,22)14-8-7-13(23-3)15(18)16(14)19/h5-9H,4H2,1-3H3. The zero-order valence-electron chi connectivity index (χ0n) is 13.3. The van der Waals surface area contributed by atoms with Crippen molar-refractivity contribution >= 4 is 50.5 Å². The number of benzene rings is 2. The summed E-state index contributed by atoms with van der Waals surface area (Å²) < 4.78 is 32.5. The van der Waals surface area contributed by atoms with Crippen molar-refractivity contribution in [1.29, 1.82) is 0 Å². The third-order valence-electron chi connectivity index (χ3n) is 3.51. The van der Waals surface area contributed by atoms with Gasteiger partial charge < -0.3 is 4.74 Å². The van der Waals surface area contributed by atoms with Crippen LogP contribution in [0.15, 0.2) is 35.2 Å². The summed E-state index contributed by atoms with van der Waals surface area (Å²) in [6.07, 6.45) is 0. The highest BCUT2D eigenvalue weighted by atomic mass is 35.5. The molecule has 0 bridgehead atoms. The van der Waals surface area contributed by atoms with Gasteiger partial charge in [0.1, 0.15) is 15.7 Å². The minimum Gasteiger partial charge on any atom is -0.495 e. The lowest BCUT2D eigenvalue weighted by Crippen LogP contribution is -2.31. The number of hydrogen-bond donors (Lipinski definition) is 0. The Bertz CT molecular complexity index is 869. The molecule has 0 aliphatic heterocycles. The molecule has 0 atom stereocenters. The van der Waals surface area contributed by atoms with Gasteiger partial charge in [-0.15, -0.1) is 0 Å². The maximum atomic E-state index is 13.1. The Hall–Kier alpha value is -1.14. The number of anilines is 1. The number of hydrogen-bond acceptors (Lipinski definition) is 3. The summed E-state index contributed by atoms with van der Waals surface area (Å²) >= 11 is 18.2. The number of nitrogens with zero attached hydrogens (tertiary/aromatic N) is 1. The molecule has 24 heavy (non-hydrogen) atoms. The zero-order chi connectivity index (χ0) is 18.1. The lowest BCUT2D eigenvalue weighted by molar-refractivity contribution is 0.414. The molecule has 0 fully saturated rings. The third kappa shape index (κ3) is 3.45. The van der Waals surface area contributed by atoms with Crippen LogP contribution in [0.1, 0.15) is 12.5 Å². The maximum absolute atomic E-state index is 13.1. The van der Waals surface area contributed by atoms with Gasteiger partial charge in [0.05, 0.1) is 17.8 Å². The van der Waals surface area contributed by atoms with Crippen LogP contribution in [0, 0.1) is 6.92 Å². The van der Waals surface area contributed by atoms with E-state index in [2.05, 4.69) is 0 Å². The summed E-state index contributed by atoms with van der Waals surface area (Å²) in [6.45, 7) is 3.76. The van der Waals surface area contributed by atoms with E-state index in [0.717, 1.165) is 5.56 Å². The minimum absolute atomic E-state index is 0.0594. The Morgan fingerprint density at radius 2 is 1.75 bits per heavy atom. The molecule has 0 aliphatic rings. The molecule has 0 amide bonds. The van der Waals surface area contributed by atoms with Crippen molar-refractivity contribution in [3.05, 3.63) is 51.0 Å². The minimum atomic E-state index is -3.90. The fourth-order valence-electron chi connectivity index (χ4n) is 2.36. The third-order valence-corrected chi connectivity index (χ3v) is 6.66. The monoisotopic (exact) mass is 407 g/mol. The lowest BCUT2D eigenvalue weighted by atomic mass is 10.2. The summed E-state index contributed by atoms with van der Waals surface area (Å²) in [4.78, 5) is -0.0776. The number of aryl methyl sites for hydroxylation is 1. The second-order valence-electron chi connectivity index (χ2n) is 4.99. The normalized spacial score (nSPS) is 11.4. The van der Waals surface area contributed by atoms with Gasteiger partial charge in [0, 0.05) is 11.6 Å². The van der Waals surface area contributed by atoms with E-state index < -0.39 is 10.0 Å². The number of sulfonamides is 1. The first kappa shape index (κ1) is 19.2. The van der Waals surface area contributed by atoms with Crippen LogP contribution < -0.4 is 9.04 Å². The smallest absolute Gasteiger partial charge is 0.265 e. The van der Waals surface area contributed by atoms with Crippen molar-refractivity contribution in [1.82, 2.24) is 0 Å². The number of ether oxygens (including phenoxy) is 1. The molecular formula is C16H16Cl3NO3S. The average molecular weight is 409 g/mol. The van der Waals surface area contributed by atoms with Crippen LogP contribution in [0.2, 0.25) is 15.1 Å². The van der Waals surface area contributed by atoms with E-state index in [0.29, 0.717) is 16.5 Å². The highest BCUT2D eigenvalue weighted by Gasteiger charge is 2.29. The van der Waals surface area contributed by atoms with E-state index in [4.69, 9.17) is 39.5 Å². The summed E-state index contributed by atoms with van der Waals surface area (Å²) in [6, 6.07) is 7.88. The zero-order valence-corrected chi connectivity index (χ0v) is 16.4. The predicted molar refractivity (Wildman–Crippen MR) is 99.4 cm³/mol. The molecule has 0 spiro atoms. The van der Waals surface area contributed by atoms with E-state index in [9.17, 15) is 8.42 Å². The van der Waals surface area contributed by atoms with E-state index in [-0.39, 0.29) is 21.5 Å². The summed E-state index contributed by atoms with van der Waals surface area (Å²) in [5, 5.41) is 0.528. The van der Waals surface area contributed by atoms with Gasteiger partial charge in [-0.25, -0.2) is 8.42 Å².